The Balaban J connectivity index is 1.61. The number of anilines is 2. The summed E-state index contributed by atoms with van der Waals surface area (Å²) >= 11 is 0. The predicted molar refractivity (Wildman–Crippen MR) is 109 cm³/mol. The van der Waals surface area contributed by atoms with E-state index in [0.717, 1.165) is 23.4 Å². The number of furan rings is 1. The third kappa shape index (κ3) is 3.65. The third-order valence-electron chi connectivity index (χ3n) is 4.87. The number of hydrogen-bond donors (Lipinski definition) is 1. The van der Waals surface area contributed by atoms with Gasteiger partial charge in [-0.1, -0.05) is 36.4 Å². The molecule has 1 aliphatic rings. The number of para-hydroxylation sites is 2. The summed E-state index contributed by atoms with van der Waals surface area (Å²) in [5, 5.41) is 3.61. The van der Waals surface area contributed by atoms with Crippen molar-refractivity contribution in [1.82, 2.24) is 0 Å². The molecule has 0 saturated heterocycles. The number of amides is 1. The summed E-state index contributed by atoms with van der Waals surface area (Å²) in [4.78, 5) is 14.8. The maximum atomic E-state index is 12.9. The monoisotopic (exact) mass is 358 g/mol. The molecule has 27 heavy (non-hydrogen) atoms. The van der Waals surface area contributed by atoms with Crippen molar-refractivity contribution in [3.8, 4) is 0 Å². The molecule has 2 heterocycles. The Hall–Kier alpha value is -3.27. The molecule has 3 aromatic rings. The molecule has 0 spiro atoms. The largest absolute Gasteiger partial charge is 0.465 e. The quantitative estimate of drug-likeness (QED) is 0.646. The first-order valence-electron chi connectivity index (χ1n) is 9.17. The first-order chi connectivity index (χ1) is 13.2. The van der Waals surface area contributed by atoms with Crippen LogP contribution in [-0.4, -0.2) is 11.9 Å². The minimum atomic E-state index is -0.0375. The lowest BCUT2D eigenvalue weighted by atomic mass is 9.91. The molecule has 2 aromatic carbocycles. The van der Waals surface area contributed by atoms with Gasteiger partial charge in [0.25, 0.3) is 5.91 Å². The highest BCUT2D eigenvalue weighted by atomic mass is 16.3. The van der Waals surface area contributed by atoms with Gasteiger partial charge in [0.05, 0.1) is 12.3 Å². The van der Waals surface area contributed by atoms with Gasteiger partial charge >= 0.3 is 0 Å². The fourth-order valence-corrected chi connectivity index (χ4v) is 3.64. The molecule has 2 unspecified atom stereocenters. The molecule has 0 bridgehead atoms. The highest BCUT2D eigenvalue weighted by Crippen LogP contribution is 2.39. The van der Waals surface area contributed by atoms with Crippen LogP contribution in [0, 0.1) is 0 Å². The van der Waals surface area contributed by atoms with Gasteiger partial charge in [0, 0.05) is 23.5 Å². The molecule has 4 heteroatoms. The van der Waals surface area contributed by atoms with Crippen molar-refractivity contribution in [2.24, 2.45) is 0 Å². The molecule has 4 rings (SSSR count). The van der Waals surface area contributed by atoms with Gasteiger partial charge in [0.1, 0.15) is 5.76 Å². The van der Waals surface area contributed by atoms with Gasteiger partial charge in [-0.3, -0.25) is 4.79 Å². The van der Waals surface area contributed by atoms with Crippen LogP contribution in [0.2, 0.25) is 0 Å². The van der Waals surface area contributed by atoms with E-state index in [4.69, 9.17) is 4.42 Å². The number of nitrogens with one attached hydrogen (secondary N) is 1. The van der Waals surface area contributed by atoms with Crippen LogP contribution in [0.3, 0.4) is 0 Å². The Bertz CT molecular complexity index is 932. The number of hydrogen-bond acceptors (Lipinski definition) is 3. The van der Waals surface area contributed by atoms with E-state index < -0.39 is 0 Å². The molecule has 1 aromatic heterocycles. The Labute approximate surface area is 159 Å². The van der Waals surface area contributed by atoms with E-state index in [1.165, 1.54) is 0 Å². The lowest BCUT2D eigenvalue weighted by Gasteiger charge is -2.39. The number of nitrogens with zero attached hydrogens (tertiary/aromatic N) is 1. The normalized spacial score (nSPS) is 19.1. The zero-order valence-corrected chi connectivity index (χ0v) is 15.2. The van der Waals surface area contributed by atoms with Crippen molar-refractivity contribution in [1.29, 1.82) is 0 Å². The average molecular weight is 358 g/mol. The van der Waals surface area contributed by atoms with Crippen LogP contribution in [0.5, 0.6) is 0 Å². The third-order valence-corrected chi connectivity index (χ3v) is 4.87. The molecule has 1 aliphatic heterocycles. The van der Waals surface area contributed by atoms with Gasteiger partial charge < -0.3 is 14.6 Å². The minimum absolute atomic E-state index is 0.0375. The van der Waals surface area contributed by atoms with Crippen molar-refractivity contribution in [3.63, 3.8) is 0 Å². The van der Waals surface area contributed by atoms with Crippen molar-refractivity contribution in [2.45, 2.75) is 25.4 Å². The number of carbonyl (C=O) groups excluding carboxylic acids is 1. The van der Waals surface area contributed by atoms with Crippen LogP contribution in [-0.2, 0) is 4.79 Å². The summed E-state index contributed by atoms with van der Waals surface area (Å²) in [6.07, 6.45) is 5.73. The SMILES string of the molecule is CC1CC(Nc2ccccc2)c2ccccc2N1C(=O)C=Cc1ccco1. The highest BCUT2D eigenvalue weighted by Gasteiger charge is 2.32. The molecule has 4 nitrogen and oxygen atoms in total. The second kappa shape index (κ2) is 7.54. The van der Waals surface area contributed by atoms with Gasteiger partial charge in [-0.25, -0.2) is 0 Å². The van der Waals surface area contributed by atoms with Crippen molar-refractivity contribution < 1.29 is 9.21 Å². The Morgan fingerprint density at radius 1 is 1.07 bits per heavy atom. The topological polar surface area (TPSA) is 45.5 Å². The van der Waals surface area contributed by atoms with E-state index in [2.05, 4.69) is 30.4 Å². The van der Waals surface area contributed by atoms with Crippen molar-refractivity contribution in [2.75, 3.05) is 10.2 Å². The first-order valence-corrected chi connectivity index (χ1v) is 9.17. The lowest BCUT2D eigenvalue weighted by Crippen LogP contribution is -2.43. The van der Waals surface area contributed by atoms with Crippen LogP contribution in [0.25, 0.3) is 6.08 Å². The van der Waals surface area contributed by atoms with E-state index >= 15 is 0 Å². The van der Waals surface area contributed by atoms with Crippen molar-refractivity contribution in [3.05, 3.63) is 90.4 Å². The molecule has 2 atom stereocenters. The summed E-state index contributed by atoms with van der Waals surface area (Å²) in [6.45, 7) is 2.09. The summed E-state index contributed by atoms with van der Waals surface area (Å²) in [5.74, 6) is 0.634. The van der Waals surface area contributed by atoms with Crippen LogP contribution < -0.4 is 10.2 Å². The molecule has 0 aliphatic carbocycles. The summed E-state index contributed by atoms with van der Waals surface area (Å²) in [6, 6.07) is 22.2. The zero-order valence-electron chi connectivity index (χ0n) is 15.2. The van der Waals surface area contributed by atoms with Crippen LogP contribution in [0.1, 0.15) is 30.7 Å². The Kier molecular flexibility index (Phi) is 4.79. The summed E-state index contributed by atoms with van der Waals surface area (Å²) in [5.41, 5.74) is 3.18. The van der Waals surface area contributed by atoms with Crippen LogP contribution >= 0.6 is 0 Å². The molecule has 1 amide bonds. The fraction of sp³-hybridized carbons (Fsp3) is 0.174. The molecular weight excluding hydrogens is 336 g/mol. The fourth-order valence-electron chi connectivity index (χ4n) is 3.64. The molecule has 0 fully saturated rings. The predicted octanol–water partition coefficient (Wildman–Crippen LogP) is 5.27. The van der Waals surface area contributed by atoms with E-state index in [1.54, 1.807) is 18.4 Å². The van der Waals surface area contributed by atoms with E-state index in [9.17, 15) is 4.79 Å². The maximum Gasteiger partial charge on any atom is 0.251 e. The van der Waals surface area contributed by atoms with Gasteiger partial charge in [-0.2, -0.15) is 0 Å². The highest BCUT2D eigenvalue weighted by molar-refractivity contribution is 6.05. The second-order valence-corrected chi connectivity index (χ2v) is 6.76. The molecule has 0 saturated carbocycles. The number of benzene rings is 2. The Morgan fingerprint density at radius 3 is 2.63 bits per heavy atom. The zero-order chi connectivity index (χ0) is 18.6. The number of carbonyl (C=O) groups is 1. The molecule has 136 valence electrons. The summed E-state index contributed by atoms with van der Waals surface area (Å²) < 4.78 is 5.28. The van der Waals surface area contributed by atoms with Gasteiger partial charge in [0.15, 0.2) is 0 Å². The van der Waals surface area contributed by atoms with Gasteiger partial charge in [-0.05, 0) is 55.3 Å². The van der Waals surface area contributed by atoms with Crippen LogP contribution in [0.4, 0.5) is 11.4 Å². The van der Waals surface area contributed by atoms with Crippen LogP contribution in [0.15, 0.2) is 83.5 Å². The molecule has 1 N–H and O–H groups in total. The molecular formula is C23H22N2O2. The smallest absolute Gasteiger partial charge is 0.251 e. The van der Waals surface area contributed by atoms with E-state index in [1.807, 2.05) is 53.4 Å². The number of fused-ring (bicyclic) bond motifs is 1. The number of rotatable bonds is 4. The van der Waals surface area contributed by atoms with Gasteiger partial charge in [-0.15, -0.1) is 0 Å². The van der Waals surface area contributed by atoms with Crippen molar-refractivity contribution >= 4 is 23.4 Å². The summed E-state index contributed by atoms with van der Waals surface area (Å²) in [7, 11) is 0. The lowest BCUT2D eigenvalue weighted by molar-refractivity contribution is -0.114. The van der Waals surface area contributed by atoms with E-state index in [-0.39, 0.29) is 18.0 Å². The first kappa shape index (κ1) is 17.2. The van der Waals surface area contributed by atoms with E-state index in [0.29, 0.717) is 5.76 Å². The molecule has 0 radical (unpaired) electrons. The standard InChI is InChI=1S/C23H22N2O2/c1-17-16-21(24-18-8-3-2-4-9-18)20-11-5-6-12-22(20)25(17)23(26)14-13-19-10-7-15-27-19/h2-15,17,21,24H,16H2,1H3. The second-order valence-electron chi connectivity index (χ2n) is 6.76. The maximum absolute atomic E-state index is 12.9. The van der Waals surface area contributed by atoms with Gasteiger partial charge in [0.2, 0.25) is 0 Å². The average Bonchev–Trinajstić information content (AvgIpc) is 3.21. The minimum Gasteiger partial charge on any atom is -0.465 e. The Morgan fingerprint density at radius 2 is 1.85 bits per heavy atom.